The molecule has 0 spiro atoms. The Morgan fingerprint density at radius 3 is 2.82 bits per heavy atom. The van der Waals surface area contributed by atoms with Crippen LogP contribution in [-0.2, 0) is 19.5 Å². The third-order valence-corrected chi connectivity index (χ3v) is 4.30. The van der Waals surface area contributed by atoms with Gasteiger partial charge in [0.15, 0.2) is 0 Å². The van der Waals surface area contributed by atoms with E-state index in [1.165, 1.54) is 15.3 Å². The maximum Gasteiger partial charge on any atom is 0.272 e. The summed E-state index contributed by atoms with van der Waals surface area (Å²) in [7, 11) is 0. The van der Waals surface area contributed by atoms with E-state index in [1.807, 2.05) is 4.90 Å². The first-order chi connectivity index (χ1) is 7.62. The molecule has 0 bridgehead atoms. The molecule has 1 saturated heterocycles. The molecule has 17 heavy (non-hydrogen) atoms. The molecule has 1 aromatic rings. The predicted octanol–water partition coefficient (Wildman–Crippen LogP) is 2.27. The van der Waals surface area contributed by atoms with Crippen molar-refractivity contribution in [2.24, 2.45) is 0 Å². The van der Waals surface area contributed by atoms with Crippen molar-refractivity contribution in [1.82, 2.24) is 10.2 Å². The van der Waals surface area contributed by atoms with Gasteiger partial charge in [-0.2, -0.15) is 0 Å². The molecular formula is C11H15ClF2N2S. The number of alkyl halides is 2. The number of halogens is 3. The topological polar surface area (TPSA) is 15.3 Å². The number of likely N-dealkylation sites (tertiary alicyclic amines) is 1. The lowest BCUT2D eigenvalue weighted by molar-refractivity contribution is -0.133. The van der Waals surface area contributed by atoms with E-state index in [1.54, 1.807) is 11.3 Å². The van der Waals surface area contributed by atoms with E-state index >= 15 is 0 Å². The van der Waals surface area contributed by atoms with Gasteiger partial charge in [0.25, 0.3) is 5.92 Å². The monoisotopic (exact) mass is 280 g/mol. The highest BCUT2D eigenvalue weighted by atomic mass is 35.5. The van der Waals surface area contributed by atoms with Gasteiger partial charge in [0, 0.05) is 29.4 Å². The quantitative estimate of drug-likeness (QED) is 0.894. The van der Waals surface area contributed by atoms with Crippen LogP contribution in [0.4, 0.5) is 8.78 Å². The van der Waals surface area contributed by atoms with Crippen LogP contribution in [0.1, 0.15) is 15.3 Å². The van der Waals surface area contributed by atoms with Gasteiger partial charge in [0.05, 0.1) is 13.1 Å². The van der Waals surface area contributed by atoms with Crippen LogP contribution in [0.25, 0.3) is 0 Å². The summed E-state index contributed by atoms with van der Waals surface area (Å²) in [5.41, 5.74) is 1.36. The van der Waals surface area contributed by atoms with Crippen LogP contribution in [0.3, 0.4) is 0 Å². The van der Waals surface area contributed by atoms with Gasteiger partial charge in [0.1, 0.15) is 0 Å². The van der Waals surface area contributed by atoms with E-state index in [0.29, 0.717) is 6.54 Å². The summed E-state index contributed by atoms with van der Waals surface area (Å²) in [6.45, 7) is 2.51. The summed E-state index contributed by atoms with van der Waals surface area (Å²) < 4.78 is 25.3. The average Bonchev–Trinajstić information content (AvgIpc) is 2.56. The van der Waals surface area contributed by atoms with E-state index in [2.05, 4.69) is 11.4 Å². The molecular weight excluding hydrogens is 266 g/mol. The first-order valence-corrected chi connectivity index (χ1v) is 6.35. The summed E-state index contributed by atoms with van der Waals surface area (Å²) >= 11 is 1.79. The third kappa shape index (κ3) is 2.78. The standard InChI is InChI=1S/C11H14F2N2S.ClH/c12-11(13)6-15(7-11)5-9-3-8-4-14-2-1-10(8)16-9;/h3,14H,1-2,4-7H2;1H. The SMILES string of the molecule is Cl.FC1(F)CN(Cc2cc3c(s2)CCNC3)C1. The Bertz CT molecular complexity index is 377. The second kappa shape index (κ2) is 4.80. The Balaban J connectivity index is 0.00000108. The number of hydrogen-bond acceptors (Lipinski definition) is 3. The zero-order chi connectivity index (χ0) is 11.2. The Morgan fingerprint density at radius 2 is 2.18 bits per heavy atom. The van der Waals surface area contributed by atoms with Crippen LogP contribution in [0.5, 0.6) is 0 Å². The Labute approximate surface area is 109 Å². The number of rotatable bonds is 2. The van der Waals surface area contributed by atoms with Crippen molar-refractivity contribution >= 4 is 23.7 Å². The maximum absolute atomic E-state index is 12.7. The molecule has 0 aromatic carbocycles. The zero-order valence-electron chi connectivity index (χ0n) is 9.34. The van der Waals surface area contributed by atoms with Crippen molar-refractivity contribution in [3.63, 3.8) is 0 Å². The van der Waals surface area contributed by atoms with Crippen molar-refractivity contribution in [1.29, 1.82) is 0 Å². The van der Waals surface area contributed by atoms with Crippen molar-refractivity contribution in [2.45, 2.75) is 25.4 Å². The van der Waals surface area contributed by atoms with Crippen LogP contribution >= 0.6 is 23.7 Å². The maximum atomic E-state index is 12.7. The normalized spacial score (nSPS) is 22.5. The smallest absolute Gasteiger partial charge is 0.272 e. The van der Waals surface area contributed by atoms with Crippen LogP contribution in [0, 0.1) is 0 Å². The van der Waals surface area contributed by atoms with Gasteiger partial charge >= 0.3 is 0 Å². The van der Waals surface area contributed by atoms with Gasteiger partial charge in [0.2, 0.25) is 0 Å². The second-order valence-electron chi connectivity index (χ2n) is 4.59. The minimum atomic E-state index is -2.45. The van der Waals surface area contributed by atoms with Gasteiger partial charge in [-0.3, -0.25) is 4.90 Å². The van der Waals surface area contributed by atoms with Crippen LogP contribution < -0.4 is 5.32 Å². The van der Waals surface area contributed by atoms with E-state index < -0.39 is 5.92 Å². The van der Waals surface area contributed by atoms with Crippen molar-refractivity contribution in [3.05, 3.63) is 21.4 Å². The number of thiophene rings is 1. The number of nitrogens with zero attached hydrogens (tertiary/aromatic N) is 1. The molecule has 96 valence electrons. The minimum Gasteiger partial charge on any atom is -0.312 e. The summed E-state index contributed by atoms with van der Waals surface area (Å²) in [4.78, 5) is 4.47. The average molecular weight is 281 g/mol. The molecule has 3 heterocycles. The number of fused-ring (bicyclic) bond motifs is 1. The summed E-state index contributed by atoms with van der Waals surface area (Å²) in [6, 6.07) is 2.17. The molecule has 1 fully saturated rings. The molecule has 2 aliphatic heterocycles. The fourth-order valence-electron chi connectivity index (χ4n) is 2.33. The van der Waals surface area contributed by atoms with Gasteiger partial charge in [-0.15, -0.1) is 23.7 Å². The largest absolute Gasteiger partial charge is 0.312 e. The molecule has 1 N–H and O–H groups in total. The minimum absolute atomic E-state index is 0. The first kappa shape index (κ1) is 13.2. The molecule has 0 amide bonds. The van der Waals surface area contributed by atoms with Gasteiger partial charge in [-0.05, 0) is 18.1 Å². The van der Waals surface area contributed by atoms with Gasteiger partial charge < -0.3 is 5.32 Å². The van der Waals surface area contributed by atoms with Crippen LogP contribution in [-0.4, -0.2) is 30.5 Å². The summed E-state index contributed by atoms with van der Waals surface area (Å²) in [5.74, 6) is -2.45. The fraction of sp³-hybridized carbons (Fsp3) is 0.636. The van der Waals surface area contributed by atoms with Gasteiger partial charge in [-0.1, -0.05) is 0 Å². The number of nitrogens with one attached hydrogen (secondary N) is 1. The lowest BCUT2D eigenvalue weighted by atomic mass is 10.1. The predicted molar refractivity (Wildman–Crippen MR) is 67.2 cm³/mol. The fourth-order valence-corrected chi connectivity index (χ4v) is 3.56. The highest BCUT2D eigenvalue weighted by Crippen LogP contribution is 2.31. The van der Waals surface area contributed by atoms with E-state index in [-0.39, 0.29) is 25.5 Å². The molecule has 6 heteroatoms. The van der Waals surface area contributed by atoms with Crippen molar-refractivity contribution in [2.75, 3.05) is 19.6 Å². The van der Waals surface area contributed by atoms with E-state index in [0.717, 1.165) is 19.5 Å². The molecule has 0 saturated carbocycles. The Morgan fingerprint density at radius 1 is 1.41 bits per heavy atom. The highest BCUT2D eigenvalue weighted by molar-refractivity contribution is 7.12. The molecule has 0 aliphatic carbocycles. The second-order valence-corrected chi connectivity index (χ2v) is 5.81. The summed E-state index contributed by atoms with van der Waals surface area (Å²) in [6.07, 6.45) is 1.08. The number of hydrogen-bond donors (Lipinski definition) is 1. The molecule has 0 unspecified atom stereocenters. The molecule has 0 atom stereocenters. The Kier molecular flexibility index (Phi) is 3.73. The lowest BCUT2D eigenvalue weighted by Crippen LogP contribution is -2.55. The summed E-state index contributed by atoms with van der Waals surface area (Å²) in [5, 5.41) is 3.32. The van der Waals surface area contributed by atoms with Gasteiger partial charge in [-0.25, -0.2) is 8.78 Å². The van der Waals surface area contributed by atoms with Crippen molar-refractivity contribution in [3.8, 4) is 0 Å². The molecule has 0 radical (unpaired) electrons. The van der Waals surface area contributed by atoms with Crippen molar-refractivity contribution < 1.29 is 8.78 Å². The van der Waals surface area contributed by atoms with E-state index in [4.69, 9.17) is 0 Å². The third-order valence-electron chi connectivity index (χ3n) is 3.08. The first-order valence-electron chi connectivity index (χ1n) is 5.54. The Hall–Kier alpha value is -0.230. The molecule has 2 nitrogen and oxygen atoms in total. The molecule has 1 aromatic heterocycles. The molecule has 2 aliphatic rings. The molecule has 3 rings (SSSR count). The lowest BCUT2D eigenvalue weighted by Gasteiger charge is -2.38. The highest BCUT2D eigenvalue weighted by Gasteiger charge is 2.43. The van der Waals surface area contributed by atoms with E-state index in [9.17, 15) is 8.78 Å². The van der Waals surface area contributed by atoms with Crippen LogP contribution in [0.15, 0.2) is 6.07 Å². The van der Waals surface area contributed by atoms with Crippen LogP contribution in [0.2, 0.25) is 0 Å². The zero-order valence-corrected chi connectivity index (χ0v) is 11.0.